The number of carboxylic acids is 1. The molecule has 2 N–H and O–H groups in total. The minimum atomic E-state index is -1.01. The predicted octanol–water partition coefficient (Wildman–Crippen LogP) is 0.991. The number of amides is 1. The summed E-state index contributed by atoms with van der Waals surface area (Å²) in [5.41, 5.74) is 1.15. The Hall–Kier alpha value is -1.84. The molecule has 0 heterocycles. The SMILES string of the molecule is O=C(O)CNC(=O)[C@@H]1C[C@H]1c1ccccc1. The van der Waals surface area contributed by atoms with Crippen LogP contribution < -0.4 is 5.32 Å². The van der Waals surface area contributed by atoms with Crippen LogP contribution in [0.1, 0.15) is 17.9 Å². The highest BCUT2D eigenvalue weighted by Crippen LogP contribution is 2.47. The zero-order valence-electron chi connectivity index (χ0n) is 8.72. The summed E-state index contributed by atoms with van der Waals surface area (Å²) in [7, 11) is 0. The molecule has 0 spiro atoms. The fourth-order valence-corrected chi connectivity index (χ4v) is 1.85. The van der Waals surface area contributed by atoms with Crippen molar-refractivity contribution in [1.82, 2.24) is 5.32 Å². The Morgan fingerprint density at radius 1 is 1.31 bits per heavy atom. The maximum absolute atomic E-state index is 11.5. The molecule has 0 saturated heterocycles. The first kappa shape index (κ1) is 10.7. The minimum Gasteiger partial charge on any atom is -0.480 e. The van der Waals surface area contributed by atoms with Gasteiger partial charge in [0, 0.05) is 5.92 Å². The van der Waals surface area contributed by atoms with Gasteiger partial charge in [-0.2, -0.15) is 0 Å². The molecular formula is C12H13NO3. The van der Waals surface area contributed by atoms with Gasteiger partial charge < -0.3 is 10.4 Å². The Morgan fingerprint density at radius 2 is 2.00 bits per heavy atom. The van der Waals surface area contributed by atoms with Crippen molar-refractivity contribution in [2.45, 2.75) is 12.3 Å². The molecule has 1 aliphatic carbocycles. The number of carboxylic acid groups (broad SMARTS) is 1. The Labute approximate surface area is 93.3 Å². The average Bonchev–Trinajstić information content (AvgIpc) is 3.07. The molecule has 1 aromatic carbocycles. The van der Waals surface area contributed by atoms with E-state index in [9.17, 15) is 9.59 Å². The number of aliphatic carboxylic acids is 1. The number of benzene rings is 1. The Bertz CT molecular complexity index is 402. The normalized spacial score (nSPS) is 22.5. The maximum atomic E-state index is 11.5. The van der Waals surface area contributed by atoms with E-state index in [-0.39, 0.29) is 24.3 Å². The molecule has 84 valence electrons. The van der Waals surface area contributed by atoms with Crippen molar-refractivity contribution < 1.29 is 14.7 Å². The molecule has 1 aromatic rings. The van der Waals surface area contributed by atoms with E-state index in [1.807, 2.05) is 30.3 Å². The van der Waals surface area contributed by atoms with Crippen LogP contribution in [0.3, 0.4) is 0 Å². The molecule has 4 heteroatoms. The molecule has 0 radical (unpaired) electrons. The van der Waals surface area contributed by atoms with Crippen molar-refractivity contribution in [2.75, 3.05) is 6.54 Å². The molecule has 0 bridgehead atoms. The average molecular weight is 219 g/mol. The fraction of sp³-hybridized carbons (Fsp3) is 0.333. The second kappa shape index (κ2) is 4.35. The predicted molar refractivity (Wildman–Crippen MR) is 57.9 cm³/mol. The lowest BCUT2D eigenvalue weighted by Crippen LogP contribution is -2.30. The number of hydrogen-bond donors (Lipinski definition) is 2. The number of carbonyl (C=O) groups is 2. The van der Waals surface area contributed by atoms with Crippen LogP contribution in [0.5, 0.6) is 0 Å². The molecule has 1 aliphatic rings. The molecule has 1 fully saturated rings. The summed E-state index contributed by atoms with van der Waals surface area (Å²) in [5.74, 6) is -0.960. The summed E-state index contributed by atoms with van der Waals surface area (Å²) in [6.07, 6.45) is 0.815. The van der Waals surface area contributed by atoms with Crippen LogP contribution in [0.2, 0.25) is 0 Å². The van der Waals surface area contributed by atoms with Gasteiger partial charge >= 0.3 is 5.97 Å². The van der Waals surface area contributed by atoms with Gasteiger partial charge in [-0.15, -0.1) is 0 Å². The van der Waals surface area contributed by atoms with E-state index in [2.05, 4.69) is 5.32 Å². The first-order valence-corrected chi connectivity index (χ1v) is 5.23. The second-order valence-corrected chi connectivity index (χ2v) is 3.97. The Kier molecular flexibility index (Phi) is 2.90. The summed E-state index contributed by atoms with van der Waals surface area (Å²) >= 11 is 0. The van der Waals surface area contributed by atoms with Gasteiger partial charge in [0.05, 0.1) is 0 Å². The summed E-state index contributed by atoms with van der Waals surface area (Å²) in [6.45, 7) is -0.295. The van der Waals surface area contributed by atoms with Crippen LogP contribution in [0.15, 0.2) is 30.3 Å². The molecule has 0 unspecified atom stereocenters. The van der Waals surface area contributed by atoms with Crippen LogP contribution in [-0.2, 0) is 9.59 Å². The fourth-order valence-electron chi connectivity index (χ4n) is 1.85. The molecule has 0 aliphatic heterocycles. The van der Waals surface area contributed by atoms with Gasteiger partial charge in [-0.25, -0.2) is 0 Å². The highest BCUT2D eigenvalue weighted by atomic mass is 16.4. The lowest BCUT2D eigenvalue weighted by molar-refractivity contribution is -0.138. The topological polar surface area (TPSA) is 66.4 Å². The van der Waals surface area contributed by atoms with E-state index < -0.39 is 5.97 Å². The van der Waals surface area contributed by atoms with Crippen LogP contribution in [-0.4, -0.2) is 23.5 Å². The third kappa shape index (κ3) is 2.39. The van der Waals surface area contributed by atoms with E-state index >= 15 is 0 Å². The van der Waals surface area contributed by atoms with Crippen molar-refractivity contribution in [3.63, 3.8) is 0 Å². The zero-order chi connectivity index (χ0) is 11.5. The van der Waals surface area contributed by atoms with Crippen molar-refractivity contribution in [3.05, 3.63) is 35.9 Å². The van der Waals surface area contributed by atoms with Crippen LogP contribution >= 0.6 is 0 Å². The first-order valence-electron chi connectivity index (χ1n) is 5.23. The van der Waals surface area contributed by atoms with Gasteiger partial charge in [-0.05, 0) is 17.9 Å². The lowest BCUT2D eigenvalue weighted by Gasteiger charge is -2.01. The number of nitrogens with one attached hydrogen (secondary N) is 1. The summed E-state index contributed by atoms with van der Waals surface area (Å²) in [6, 6.07) is 9.81. The third-order valence-electron chi connectivity index (χ3n) is 2.77. The van der Waals surface area contributed by atoms with E-state index in [1.165, 1.54) is 0 Å². The highest BCUT2D eigenvalue weighted by molar-refractivity contribution is 5.85. The summed E-state index contributed by atoms with van der Waals surface area (Å²) < 4.78 is 0. The van der Waals surface area contributed by atoms with E-state index in [0.717, 1.165) is 12.0 Å². The van der Waals surface area contributed by atoms with Crippen LogP contribution in [0, 0.1) is 5.92 Å². The van der Waals surface area contributed by atoms with Crippen LogP contribution in [0.25, 0.3) is 0 Å². The number of hydrogen-bond acceptors (Lipinski definition) is 2. The minimum absolute atomic E-state index is 0.0539. The van der Waals surface area contributed by atoms with Crippen molar-refractivity contribution in [1.29, 1.82) is 0 Å². The molecule has 0 aromatic heterocycles. The molecule has 1 saturated carbocycles. The van der Waals surface area contributed by atoms with Gasteiger partial charge in [-0.3, -0.25) is 9.59 Å². The van der Waals surface area contributed by atoms with Gasteiger partial charge in [0.2, 0.25) is 5.91 Å². The molecule has 2 atom stereocenters. The summed E-state index contributed by atoms with van der Waals surface area (Å²) in [4.78, 5) is 21.8. The van der Waals surface area contributed by atoms with E-state index in [0.29, 0.717) is 0 Å². The quantitative estimate of drug-likeness (QED) is 0.793. The summed E-state index contributed by atoms with van der Waals surface area (Å²) in [5, 5.41) is 10.8. The monoisotopic (exact) mass is 219 g/mol. The number of carbonyl (C=O) groups excluding carboxylic acids is 1. The maximum Gasteiger partial charge on any atom is 0.322 e. The van der Waals surface area contributed by atoms with Gasteiger partial charge in [-0.1, -0.05) is 30.3 Å². The van der Waals surface area contributed by atoms with E-state index in [1.54, 1.807) is 0 Å². The highest BCUT2D eigenvalue weighted by Gasteiger charge is 2.43. The third-order valence-corrected chi connectivity index (χ3v) is 2.77. The van der Waals surface area contributed by atoms with E-state index in [4.69, 9.17) is 5.11 Å². The Morgan fingerprint density at radius 3 is 2.62 bits per heavy atom. The standard InChI is InChI=1S/C12H13NO3/c14-11(15)7-13-12(16)10-6-9(10)8-4-2-1-3-5-8/h1-5,9-10H,6-7H2,(H,13,16)(H,14,15)/t9-,10+/m0/s1. The first-order chi connectivity index (χ1) is 7.68. The van der Waals surface area contributed by atoms with Crippen molar-refractivity contribution >= 4 is 11.9 Å². The molecule has 2 rings (SSSR count). The molecule has 16 heavy (non-hydrogen) atoms. The zero-order valence-corrected chi connectivity index (χ0v) is 8.72. The Balaban J connectivity index is 1.87. The van der Waals surface area contributed by atoms with Gasteiger partial charge in [0.1, 0.15) is 6.54 Å². The number of rotatable bonds is 4. The van der Waals surface area contributed by atoms with Crippen molar-refractivity contribution in [2.24, 2.45) is 5.92 Å². The lowest BCUT2D eigenvalue weighted by atomic mass is 10.1. The molecular weight excluding hydrogens is 206 g/mol. The molecule has 4 nitrogen and oxygen atoms in total. The van der Waals surface area contributed by atoms with Gasteiger partial charge in [0.25, 0.3) is 0 Å². The van der Waals surface area contributed by atoms with Gasteiger partial charge in [0.15, 0.2) is 0 Å². The second-order valence-electron chi connectivity index (χ2n) is 3.97. The largest absolute Gasteiger partial charge is 0.480 e. The molecule has 1 amide bonds. The van der Waals surface area contributed by atoms with Crippen molar-refractivity contribution in [3.8, 4) is 0 Å². The smallest absolute Gasteiger partial charge is 0.322 e. The van der Waals surface area contributed by atoms with Crippen LogP contribution in [0.4, 0.5) is 0 Å².